The molecule has 3 nitrogen and oxygen atoms in total. The number of benzene rings is 1. The summed E-state index contributed by atoms with van der Waals surface area (Å²) in [6.07, 6.45) is 6.69. The standard InChI is InChI=1S/C21H28N2O.ClH/c22-19-12-23(11-18(19)15-4-2-1-3-5-15)21(24)20-16-7-13-6-14(9-16)10-17(20)8-13;/h1-5,13-14,16-20H,6-12,22H2;1H/t13?,14?,16?,17?,18-,19+,20?;/m0./s1. The fraction of sp³-hybridized carbons (Fsp3) is 0.667. The van der Waals surface area contributed by atoms with Crippen molar-refractivity contribution in [2.45, 2.75) is 44.1 Å². The van der Waals surface area contributed by atoms with Crippen LogP contribution >= 0.6 is 12.4 Å². The molecule has 0 radical (unpaired) electrons. The van der Waals surface area contributed by atoms with Gasteiger partial charge in [-0.1, -0.05) is 30.3 Å². The fourth-order valence-electron chi connectivity index (χ4n) is 6.60. The zero-order valence-electron chi connectivity index (χ0n) is 14.7. The average Bonchev–Trinajstić information content (AvgIpc) is 2.96. The van der Waals surface area contributed by atoms with Crippen LogP contribution in [0.4, 0.5) is 0 Å². The number of carbonyl (C=O) groups is 1. The number of hydrogen-bond donors (Lipinski definition) is 1. The van der Waals surface area contributed by atoms with Crippen LogP contribution in [0.3, 0.4) is 0 Å². The van der Waals surface area contributed by atoms with Gasteiger partial charge in [0.25, 0.3) is 0 Å². The molecule has 1 saturated heterocycles. The second kappa shape index (κ2) is 6.59. The van der Waals surface area contributed by atoms with E-state index in [0.29, 0.717) is 29.6 Å². The molecule has 1 amide bonds. The van der Waals surface area contributed by atoms with Crippen LogP contribution < -0.4 is 5.73 Å². The minimum Gasteiger partial charge on any atom is -0.340 e. The fourth-order valence-corrected chi connectivity index (χ4v) is 6.60. The van der Waals surface area contributed by atoms with E-state index < -0.39 is 0 Å². The summed E-state index contributed by atoms with van der Waals surface area (Å²) in [5, 5.41) is 0. The maximum atomic E-state index is 13.3. The van der Waals surface area contributed by atoms with Gasteiger partial charge in [0.2, 0.25) is 5.91 Å². The first-order valence-electron chi connectivity index (χ1n) is 9.78. The lowest BCUT2D eigenvalue weighted by Crippen LogP contribution is -2.51. The Hall–Kier alpha value is -1.06. The molecule has 1 aliphatic heterocycles. The molecule has 4 aliphatic carbocycles. The van der Waals surface area contributed by atoms with Crippen LogP contribution in [-0.4, -0.2) is 29.9 Å². The molecule has 6 rings (SSSR count). The second-order valence-electron chi connectivity index (χ2n) is 8.88. The highest BCUT2D eigenvalue weighted by atomic mass is 35.5. The van der Waals surface area contributed by atoms with Crippen molar-refractivity contribution in [1.29, 1.82) is 0 Å². The van der Waals surface area contributed by atoms with Gasteiger partial charge in [0.1, 0.15) is 0 Å². The lowest BCUT2D eigenvalue weighted by molar-refractivity contribution is -0.148. The van der Waals surface area contributed by atoms with Crippen LogP contribution in [0.5, 0.6) is 0 Å². The molecule has 1 heterocycles. The van der Waals surface area contributed by atoms with Crippen LogP contribution in [0.15, 0.2) is 30.3 Å². The summed E-state index contributed by atoms with van der Waals surface area (Å²) in [5.41, 5.74) is 7.70. The lowest BCUT2D eigenvalue weighted by atomic mass is 9.51. The predicted molar refractivity (Wildman–Crippen MR) is 102 cm³/mol. The van der Waals surface area contributed by atoms with E-state index in [1.807, 2.05) is 6.07 Å². The molecular weight excluding hydrogens is 332 g/mol. The van der Waals surface area contributed by atoms with Crippen molar-refractivity contribution in [3.05, 3.63) is 35.9 Å². The Labute approximate surface area is 156 Å². The quantitative estimate of drug-likeness (QED) is 0.878. The number of nitrogens with two attached hydrogens (primary N) is 1. The Kier molecular flexibility index (Phi) is 4.57. The van der Waals surface area contributed by atoms with Gasteiger partial charge in [-0.25, -0.2) is 0 Å². The third kappa shape index (κ3) is 2.90. The normalized spacial score (nSPS) is 41.6. The van der Waals surface area contributed by atoms with Crippen LogP contribution in [-0.2, 0) is 4.79 Å². The topological polar surface area (TPSA) is 46.3 Å². The molecule has 136 valence electrons. The van der Waals surface area contributed by atoms with Gasteiger partial charge in [-0.2, -0.15) is 0 Å². The molecule has 4 saturated carbocycles. The summed E-state index contributed by atoms with van der Waals surface area (Å²) in [5.74, 6) is 4.22. The minimum absolute atomic E-state index is 0. The van der Waals surface area contributed by atoms with E-state index in [4.69, 9.17) is 5.73 Å². The van der Waals surface area contributed by atoms with Gasteiger partial charge in [0.15, 0.2) is 0 Å². The van der Waals surface area contributed by atoms with Gasteiger partial charge < -0.3 is 10.6 Å². The molecule has 4 bridgehead atoms. The maximum Gasteiger partial charge on any atom is 0.226 e. The molecule has 0 unspecified atom stereocenters. The molecule has 5 fully saturated rings. The largest absolute Gasteiger partial charge is 0.340 e. The molecule has 1 aromatic rings. The summed E-state index contributed by atoms with van der Waals surface area (Å²) in [4.78, 5) is 15.4. The monoisotopic (exact) mass is 360 g/mol. The maximum absolute atomic E-state index is 13.3. The molecule has 4 heteroatoms. The van der Waals surface area contributed by atoms with Gasteiger partial charge in [-0.15, -0.1) is 12.4 Å². The summed E-state index contributed by atoms with van der Waals surface area (Å²) in [6.45, 7) is 1.55. The Morgan fingerprint density at radius 3 is 2.12 bits per heavy atom. The van der Waals surface area contributed by atoms with Gasteiger partial charge in [-0.3, -0.25) is 4.79 Å². The number of carbonyl (C=O) groups excluding carboxylic acids is 1. The highest BCUT2D eigenvalue weighted by Crippen LogP contribution is 2.57. The summed E-state index contributed by atoms with van der Waals surface area (Å²) >= 11 is 0. The van der Waals surface area contributed by atoms with Crippen molar-refractivity contribution in [2.75, 3.05) is 13.1 Å². The first kappa shape index (κ1) is 17.4. The highest BCUT2D eigenvalue weighted by Gasteiger charge is 2.52. The van der Waals surface area contributed by atoms with Gasteiger partial charge >= 0.3 is 0 Å². The van der Waals surface area contributed by atoms with Crippen LogP contribution in [0, 0.1) is 29.6 Å². The number of nitrogens with zero attached hydrogens (tertiary/aromatic N) is 1. The average molecular weight is 361 g/mol. The zero-order valence-corrected chi connectivity index (χ0v) is 15.5. The predicted octanol–water partition coefficient (Wildman–Crippen LogP) is 3.43. The van der Waals surface area contributed by atoms with E-state index in [0.717, 1.165) is 24.9 Å². The lowest BCUT2D eigenvalue weighted by Gasteiger charge is -2.54. The smallest absolute Gasteiger partial charge is 0.226 e. The molecule has 2 N–H and O–H groups in total. The van der Waals surface area contributed by atoms with Crippen LogP contribution in [0.25, 0.3) is 0 Å². The van der Waals surface area contributed by atoms with Crippen molar-refractivity contribution < 1.29 is 4.79 Å². The molecule has 2 atom stereocenters. The van der Waals surface area contributed by atoms with E-state index >= 15 is 0 Å². The van der Waals surface area contributed by atoms with E-state index in [-0.39, 0.29) is 18.4 Å². The van der Waals surface area contributed by atoms with Crippen molar-refractivity contribution in [2.24, 2.45) is 35.3 Å². The van der Waals surface area contributed by atoms with Crippen LogP contribution in [0.2, 0.25) is 0 Å². The molecular formula is C21H29ClN2O. The minimum atomic E-state index is 0. The zero-order chi connectivity index (χ0) is 16.3. The number of halogens is 1. The summed E-state index contributed by atoms with van der Waals surface area (Å²) in [6, 6.07) is 10.6. The van der Waals surface area contributed by atoms with Gasteiger partial charge in [0.05, 0.1) is 0 Å². The van der Waals surface area contributed by atoms with Gasteiger partial charge in [0, 0.05) is 31.0 Å². The highest BCUT2D eigenvalue weighted by molar-refractivity contribution is 5.85. The summed E-state index contributed by atoms with van der Waals surface area (Å²) in [7, 11) is 0. The number of hydrogen-bond acceptors (Lipinski definition) is 2. The van der Waals surface area contributed by atoms with E-state index in [9.17, 15) is 4.79 Å². The SMILES string of the molecule is Cl.N[C@@H]1CN(C(=O)C2C3CC4CC(C3)CC2C4)C[C@H]1c1ccccc1. The Bertz CT molecular complexity index is 606. The van der Waals surface area contributed by atoms with Crippen LogP contribution in [0.1, 0.15) is 43.6 Å². The van der Waals surface area contributed by atoms with Gasteiger partial charge in [-0.05, 0) is 61.3 Å². The third-order valence-corrected chi connectivity index (χ3v) is 7.42. The first-order chi connectivity index (χ1) is 11.7. The second-order valence-corrected chi connectivity index (χ2v) is 8.88. The third-order valence-electron chi connectivity index (χ3n) is 7.42. The Balaban J connectivity index is 0.00000157. The van der Waals surface area contributed by atoms with Crippen molar-refractivity contribution in [1.82, 2.24) is 4.90 Å². The van der Waals surface area contributed by atoms with Crippen molar-refractivity contribution >= 4 is 18.3 Å². The number of likely N-dealkylation sites (tertiary alicyclic amines) is 1. The summed E-state index contributed by atoms with van der Waals surface area (Å²) < 4.78 is 0. The molecule has 25 heavy (non-hydrogen) atoms. The molecule has 5 aliphatic rings. The van der Waals surface area contributed by atoms with E-state index in [1.165, 1.54) is 37.7 Å². The number of rotatable bonds is 2. The molecule has 0 spiro atoms. The molecule has 1 aromatic carbocycles. The molecule has 0 aromatic heterocycles. The first-order valence-corrected chi connectivity index (χ1v) is 9.78. The Morgan fingerprint density at radius 1 is 0.920 bits per heavy atom. The van der Waals surface area contributed by atoms with E-state index in [1.54, 1.807) is 0 Å². The van der Waals surface area contributed by atoms with Crippen molar-refractivity contribution in [3.8, 4) is 0 Å². The Morgan fingerprint density at radius 2 is 1.52 bits per heavy atom. The van der Waals surface area contributed by atoms with E-state index in [2.05, 4.69) is 29.2 Å². The van der Waals surface area contributed by atoms with Crippen molar-refractivity contribution in [3.63, 3.8) is 0 Å². The number of amides is 1.